The minimum Gasteiger partial charge on any atom is -0.497 e. The smallest absolute Gasteiger partial charge is 0.224 e. The van der Waals surface area contributed by atoms with Crippen molar-refractivity contribution in [3.63, 3.8) is 0 Å². The van der Waals surface area contributed by atoms with E-state index in [1.165, 1.54) is 0 Å². The van der Waals surface area contributed by atoms with E-state index in [0.29, 0.717) is 17.4 Å². The molecule has 21 heavy (non-hydrogen) atoms. The number of benzene rings is 1. The lowest BCUT2D eigenvalue weighted by molar-refractivity contribution is 0.415. The van der Waals surface area contributed by atoms with Crippen LogP contribution >= 0.6 is 0 Å². The predicted octanol–water partition coefficient (Wildman–Crippen LogP) is 2.32. The molecule has 6 nitrogen and oxygen atoms in total. The number of nitrogens with one attached hydrogen (secondary N) is 1. The number of nitrogen functional groups attached to an aromatic ring is 1. The number of fused-ring (bicyclic) bond motifs is 1. The highest BCUT2D eigenvalue weighted by molar-refractivity contribution is 5.86. The molecule has 106 valence electrons. The molecule has 3 rings (SSSR count). The Balaban J connectivity index is 2.11. The summed E-state index contributed by atoms with van der Waals surface area (Å²) in [6.07, 6.45) is 1.73. The maximum atomic E-state index is 6.06. The quantitative estimate of drug-likeness (QED) is 0.766. The Bertz CT molecular complexity index is 786. The summed E-state index contributed by atoms with van der Waals surface area (Å²) in [5.41, 5.74) is 8.46. The van der Waals surface area contributed by atoms with Gasteiger partial charge in [0.15, 0.2) is 5.65 Å². The molecule has 6 heteroatoms. The van der Waals surface area contributed by atoms with Gasteiger partial charge in [0.2, 0.25) is 5.95 Å². The van der Waals surface area contributed by atoms with E-state index in [0.717, 1.165) is 22.3 Å². The van der Waals surface area contributed by atoms with Crippen molar-refractivity contribution in [2.75, 3.05) is 25.2 Å². The third-order valence-corrected chi connectivity index (χ3v) is 3.22. The Morgan fingerprint density at radius 2 is 1.90 bits per heavy atom. The molecule has 0 atom stereocenters. The fourth-order valence-electron chi connectivity index (χ4n) is 2.10. The van der Waals surface area contributed by atoms with E-state index in [9.17, 15) is 0 Å². The molecule has 0 fully saturated rings. The van der Waals surface area contributed by atoms with Gasteiger partial charge in [-0.05, 0) is 23.8 Å². The number of rotatable bonds is 3. The van der Waals surface area contributed by atoms with Crippen molar-refractivity contribution in [1.82, 2.24) is 15.0 Å². The summed E-state index contributed by atoms with van der Waals surface area (Å²) in [6, 6.07) is 9.61. The van der Waals surface area contributed by atoms with Crippen LogP contribution in [0.15, 0.2) is 36.5 Å². The maximum Gasteiger partial charge on any atom is 0.224 e. The molecular weight excluding hydrogens is 266 g/mol. The Labute approximate surface area is 122 Å². The van der Waals surface area contributed by atoms with Gasteiger partial charge in [0.05, 0.1) is 7.11 Å². The summed E-state index contributed by atoms with van der Waals surface area (Å²) >= 11 is 0. The average Bonchev–Trinajstić information content (AvgIpc) is 2.53. The normalized spacial score (nSPS) is 10.6. The van der Waals surface area contributed by atoms with Crippen LogP contribution in [0.1, 0.15) is 0 Å². The van der Waals surface area contributed by atoms with Gasteiger partial charge in [-0.3, -0.25) is 0 Å². The number of methoxy groups -OCH3 is 1. The molecule has 2 aromatic heterocycles. The van der Waals surface area contributed by atoms with Crippen LogP contribution in [0.25, 0.3) is 22.2 Å². The molecule has 3 aromatic rings. The number of pyridine rings is 1. The summed E-state index contributed by atoms with van der Waals surface area (Å²) < 4.78 is 5.16. The molecule has 0 aliphatic rings. The molecule has 0 aliphatic heterocycles. The van der Waals surface area contributed by atoms with Crippen molar-refractivity contribution >= 4 is 22.8 Å². The second kappa shape index (κ2) is 5.24. The first-order valence-corrected chi connectivity index (χ1v) is 6.46. The Morgan fingerprint density at radius 1 is 1.14 bits per heavy atom. The topological polar surface area (TPSA) is 86.0 Å². The van der Waals surface area contributed by atoms with Crippen LogP contribution in [-0.2, 0) is 0 Å². The van der Waals surface area contributed by atoms with Crippen LogP contribution in [0.2, 0.25) is 0 Å². The second-order valence-corrected chi connectivity index (χ2v) is 4.51. The van der Waals surface area contributed by atoms with E-state index >= 15 is 0 Å². The zero-order chi connectivity index (χ0) is 14.8. The van der Waals surface area contributed by atoms with Gasteiger partial charge in [0.25, 0.3) is 0 Å². The van der Waals surface area contributed by atoms with E-state index in [1.807, 2.05) is 30.3 Å². The van der Waals surface area contributed by atoms with Gasteiger partial charge in [0.1, 0.15) is 11.6 Å². The first-order valence-electron chi connectivity index (χ1n) is 6.46. The minimum absolute atomic E-state index is 0.438. The zero-order valence-corrected chi connectivity index (χ0v) is 11.8. The van der Waals surface area contributed by atoms with Gasteiger partial charge < -0.3 is 15.8 Å². The molecule has 0 unspecified atom stereocenters. The minimum atomic E-state index is 0.438. The third kappa shape index (κ3) is 2.43. The molecule has 1 aromatic carbocycles. The van der Waals surface area contributed by atoms with Crippen LogP contribution in [-0.4, -0.2) is 29.1 Å². The van der Waals surface area contributed by atoms with Crippen LogP contribution in [0.5, 0.6) is 5.75 Å². The van der Waals surface area contributed by atoms with Crippen LogP contribution in [0.3, 0.4) is 0 Å². The first-order chi connectivity index (χ1) is 10.2. The first kappa shape index (κ1) is 13.1. The summed E-state index contributed by atoms with van der Waals surface area (Å²) in [5, 5.41) is 3.72. The highest BCUT2D eigenvalue weighted by atomic mass is 16.5. The van der Waals surface area contributed by atoms with E-state index in [4.69, 9.17) is 10.5 Å². The Morgan fingerprint density at radius 3 is 2.57 bits per heavy atom. The van der Waals surface area contributed by atoms with Gasteiger partial charge in [-0.15, -0.1) is 0 Å². The van der Waals surface area contributed by atoms with Gasteiger partial charge in [-0.2, -0.15) is 4.98 Å². The monoisotopic (exact) mass is 281 g/mol. The SMILES string of the molecule is CNc1ncc2cc(-c3ccc(OC)cc3)c(N)nc2n1. The molecule has 3 N–H and O–H groups in total. The lowest BCUT2D eigenvalue weighted by atomic mass is 10.1. The van der Waals surface area contributed by atoms with E-state index < -0.39 is 0 Å². The summed E-state index contributed by atoms with van der Waals surface area (Å²) in [7, 11) is 3.40. The highest BCUT2D eigenvalue weighted by Gasteiger charge is 2.08. The van der Waals surface area contributed by atoms with Crippen molar-refractivity contribution in [3.8, 4) is 16.9 Å². The summed E-state index contributed by atoms with van der Waals surface area (Å²) in [5.74, 6) is 1.76. The molecule has 0 saturated heterocycles. The average molecular weight is 281 g/mol. The number of aromatic nitrogens is 3. The second-order valence-electron chi connectivity index (χ2n) is 4.51. The van der Waals surface area contributed by atoms with Crippen LogP contribution in [0.4, 0.5) is 11.8 Å². The molecule has 2 heterocycles. The van der Waals surface area contributed by atoms with E-state index in [1.54, 1.807) is 20.4 Å². The molecule has 0 aliphatic carbocycles. The third-order valence-electron chi connectivity index (χ3n) is 3.22. The number of ether oxygens (including phenoxy) is 1. The molecular formula is C15H15N5O. The zero-order valence-electron chi connectivity index (χ0n) is 11.8. The van der Waals surface area contributed by atoms with Crippen molar-refractivity contribution in [3.05, 3.63) is 36.5 Å². The van der Waals surface area contributed by atoms with E-state index in [-0.39, 0.29) is 0 Å². The number of nitrogens with zero attached hydrogens (tertiary/aromatic N) is 3. The largest absolute Gasteiger partial charge is 0.497 e. The van der Waals surface area contributed by atoms with E-state index in [2.05, 4.69) is 20.3 Å². The van der Waals surface area contributed by atoms with Crippen LogP contribution in [0, 0.1) is 0 Å². The molecule has 0 radical (unpaired) electrons. The van der Waals surface area contributed by atoms with Gasteiger partial charge in [-0.1, -0.05) is 12.1 Å². The van der Waals surface area contributed by atoms with Gasteiger partial charge >= 0.3 is 0 Å². The standard InChI is InChI=1S/C15H15N5O/c1-17-15-18-8-10-7-12(13(16)19-14(10)20-15)9-3-5-11(21-2)6-4-9/h3-8H,1-2H3,(H3,16,17,18,19,20). The Kier molecular flexibility index (Phi) is 3.27. The van der Waals surface area contributed by atoms with Crippen molar-refractivity contribution in [2.24, 2.45) is 0 Å². The fourth-order valence-corrected chi connectivity index (χ4v) is 2.10. The predicted molar refractivity (Wildman–Crippen MR) is 83.3 cm³/mol. The molecule has 0 spiro atoms. The molecule has 0 amide bonds. The lowest BCUT2D eigenvalue weighted by Crippen LogP contribution is -2.00. The van der Waals surface area contributed by atoms with Gasteiger partial charge in [0, 0.05) is 24.2 Å². The van der Waals surface area contributed by atoms with Crippen molar-refractivity contribution < 1.29 is 4.74 Å². The molecule has 0 bridgehead atoms. The number of anilines is 2. The number of hydrogen-bond acceptors (Lipinski definition) is 6. The number of hydrogen-bond donors (Lipinski definition) is 2. The van der Waals surface area contributed by atoms with Crippen molar-refractivity contribution in [1.29, 1.82) is 0 Å². The van der Waals surface area contributed by atoms with Crippen LogP contribution < -0.4 is 15.8 Å². The highest BCUT2D eigenvalue weighted by Crippen LogP contribution is 2.29. The molecule has 0 saturated carbocycles. The lowest BCUT2D eigenvalue weighted by Gasteiger charge is -2.08. The van der Waals surface area contributed by atoms with Gasteiger partial charge in [-0.25, -0.2) is 9.97 Å². The summed E-state index contributed by atoms with van der Waals surface area (Å²) in [4.78, 5) is 12.8. The number of nitrogens with two attached hydrogens (primary N) is 1. The summed E-state index contributed by atoms with van der Waals surface area (Å²) in [6.45, 7) is 0. The van der Waals surface area contributed by atoms with Crippen molar-refractivity contribution in [2.45, 2.75) is 0 Å². The fraction of sp³-hybridized carbons (Fsp3) is 0.133. The maximum absolute atomic E-state index is 6.06. The Hall–Kier alpha value is -2.89.